The smallest absolute Gasteiger partial charge is 0.143 e. The van der Waals surface area contributed by atoms with Crippen molar-refractivity contribution in [3.05, 3.63) is 145 Å². The Balaban J connectivity index is 1.56. The monoisotopic (exact) mass is 501 g/mol. The second-order valence-corrected chi connectivity index (χ2v) is 9.67. The number of para-hydroxylation sites is 1. The van der Waals surface area contributed by atoms with Gasteiger partial charge in [0.25, 0.3) is 0 Å². The van der Waals surface area contributed by atoms with Gasteiger partial charge in [0.15, 0.2) is 0 Å². The zero-order valence-corrected chi connectivity index (χ0v) is 20.9. The Hall–Kier alpha value is -5.14. The summed E-state index contributed by atoms with van der Waals surface area (Å²) in [4.78, 5) is 0. The molecule has 7 aromatic carbocycles. The maximum atomic E-state index is 8.84. The van der Waals surface area contributed by atoms with Crippen LogP contribution in [-0.4, -0.2) is 0 Å². The number of fused-ring (bicyclic) bond motifs is 5. The number of furan rings is 1. The highest BCUT2D eigenvalue weighted by molar-refractivity contribution is 6.26. The van der Waals surface area contributed by atoms with E-state index in [9.17, 15) is 0 Å². The number of hydrogen-bond acceptors (Lipinski definition) is 1. The minimum atomic E-state index is -0.401. The van der Waals surface area contributed by atoms with Gasteiger partial charge in [0.1, 0.15) is 11.2 Å². The van der Waals surface area contributed by atoms with Crippen molar-refractivity contribution in [2.75, 3.05) is 0 Å². The summed E-state index contributed by atoms with van der Waals surface area (Å²) in [5.74, 6) is 0. The van der Waals surface area contributed by atoms with E-state index in [0.29, 0.717) is 5.56 Å². The van der Waals surface area contributed by atoms with Crippen molar-refractivity contribution in [3.63, 3.8) is 0 Å². The zero-order chi connectivity index (χ0) is 30.1. The Labute approximate surface area is 233 Å². The van der Waals surface area contributed by atoms with Crippen LogP contribution in [0, 0.1) is 0 Å². The molecule has 0 unspecified atom stereocenters. The van der Waals surface area contributed by atoms with Crippen LogP contribution < -0.4 is 0 Å². The average Bonchev–Trinajstić information content (AvgIpc) is 3.46. The van der Waals surface area contributed by atoms with E-state index in [1.807, 2.05) is 72.8 Å². The number of rotatable bonds is 3. The fourth-order valence-corrected chi connectivity index (χ4v) is 5.94. The normalized spacial score (nSPS) is 13.4. The Bertz CT molecular complexity index is 2360. The summed E-state index contributed by atoms with van der Waals surface area (Å²) < 4.78 is 49.2. The summed E-state index contributed by atoms with van der Waals surface area (Å²) in [5, 5.41) is 5.49. The molecule has 1 nitrogen and oxygen atoms in total. The molecule has 0 atom stereocenters. The standard InChI is InChI=1S/C38H24O/c1-3-13-25(14-4-1)27-23-24-33(37-32-21-11-12-22-34(32)39-38(27)37)36-30-19-9-7-17-28(30)35(26-15-5-2-6-16-26)29-18-8-10-20-31(29)36/h1-24H/i2D,5D,6D,15D,16D. The van der Waals surface area contributed by atoms with E-state index in [1.54, 1.807) is 0 Å². The summed E-state index contributed by atoms with van der Waals surface area (Å²) in [6.45, 7) is 0. The van der Waals surface area contributed by atoms with Crippen molar-refractivity contribution in [1.82, 2.24) is 0 Å². The van der Waals surface area contributed by atoms with E-state index in [1.165, 1.54) is 0 Å². The van der Waals surface area contributed by atoms with E-state index >= 15 is 0 Å². The van der Waals surface area contributed by atoms with Gasteiger partial charge in [-0.15, -0.1) is 0 Å². The van der Waals surface area contributed by atoms with Crippen LogP contribution in [0.2, 0.25) is 0 Å². The molecule has 1 heterocycles. The molecule has 0 radical (unpaired) electrons. The molecular formula is C38H24O. The third-order valence-corrected chi connectivity index (χ3v) is 7.56. The molecule has 8 aromatic rings. The van der Waals surface area contributed by atoms with Crippen LogP contribution in [0.4, 0.5) is 0 Å². The van der Waals surface area contributed by atoms with Crippen molar-refractivity contribution < 1.29 is 11.3 Å². The molecule has 182 valence electrons. The largest absolute Gasteiger partial charge is 0.455 e. The predicted octanol–water partition coefficient (Wildman–Crippen LogP) is 10.9. The van der Waals surface area contributed by atoms with Gasteiger partial charge in [-0.05, 0) is 61.5 Å². The molecule has 39 heavy (non-hydrogen) atoms. The van der Waals surface area contributed by atoms with E-state index in [4.69, 9.17) is 11.3 Å². The fraction of sp³-hybridized carbons (Fsp3) is 0. The third-order valence-electron chi connectivity index (χ3n) is 7.56. The lowest BCUT2D eigenvalue weighted by molar-refractivity contribution is 0.670. The maximum Gasteiger partial charge on any atom is 0.143 e. The van der Waals surface area contributed by atoms with Gasteiger partial charge in [-0.3, -0.25) is 0 Å². The van der Waals surface area contributed by atoms with Gasteiger partial charge in [0.05, 0.1) is 6.85 Å². The molecule has 0 fully saturated rings. The first kappa shape index (κ1) is 17.4. The highest BCUT2D eigenvalue weighted by Crippen LogP contribution is 2.48. The quantitative estimate of drug-likeness (QED) is 0.219. The van der Waals surface area contributed by atoms with Crippen LogP contribution in [0.3, 0.4) is 0 Å². The molecule has 0 bridgehead atoms. The summed E-state index contributed by atoms with van der Waals surface area (Å²) in [7, 11) is 0. The first-order valence-corrected chi connectivity index (χ1v) is 13.0. The minimum Gasteiger partial charge on any atom is -0.455 e. The topological polar surface area (TPSA) is 13.1 Å². The third kappa shape index (κ3) is 3.34. The summed E-state index contributed by atoms with van der Waals surface area (Å²) in [5.41, 5.74) is 6.51. The maximum absolute atomic E-state index is 8.84. The highest BCUT2D eigenvalue weighted by Gasteiger charge is 2.21. The molecule has 1 heteroatoms. The minimum absolute atomic E-state index is 0.202. The fourth-order valence-electron chi connectivity index (χ4n) is 5.94. The number of hydrogen-bond donors (Lipinski definition) is 0. The summed E-state index contributed by atoms with van der Waals surface area (Å²) in [6.07, 6.45) is 0. The van der Waals surface area contributed by atoms with Gasteiger partial charge >= 0.3 is 0 Å². The second kappa shape index (κ2) is 8.72. The first-order valence-electron chi connectivity index (χ1n) is 15.5. The van der Waals surface area contributed by atoms with Crippen LogP contribution >= 0.6 is 0 Å². The van der Waals surface area contributed by atoms with E-state index in [2.05, 4.69) is 42.5 Å². The molecule has 0 aliphatic rings. The van der Waals surface area contributed by atoms with E-state index in [-0.39, 0.29) is 29.7 Å². The van der Waals surface area contributed by atoms with E-state index in [0.717, 1.165) is 65.7 Å². The molecule has 0 aliphatic carbocycles. The Morgan fingerprint density at radius 3 is 1.64 bits per heavy atom. The average molecular weight is 502 g/mol. The molecule has 0 saturated heterocycles. The molecule has 1 aromatic heterocycles. The second-order valence-electron chi connectivity index (χ2n) is 9.67. The van der Waals surface area contributed by atoms with Crippen LogP contribution in [0.15, 0.2) is 150 Å². The van der Waals surface area contributed by atoms with Crippen molar-refractivity contribution in [2.24, 2.45) is 0 Å². The van der Waals surface area contributed by atoms with Crippen LogP contribution in [0.1, 0.15) is 6.85 Å². The van der Waals surface area contributed by atoms with Crippen LogP contribution in [-0.2, 0) is 0 Å². The molecule has 0 amide bonds. The van der Waals surface area contributed by atoms with Gasteiger partial charge in [0.2, 0.25) is 0 Å². The molecule has 0 saturated carbocycles. The SMILES string of the molecule is [2H]c1c([2H])c([2H])c(-c2c3ccccc3c(-c3ccc(-c4ccccc4)c4oc5ccccc5c34)c3ccccc23)c([2H])c1[2H]. The summed E-state index contributed by atoms with van der Waals surface area (Å²) >= 11 is 0. The van der Waals surface area contributed by atoms with Gasteiger partial charge in [0, 0.05) is 16.3 Å². The van der Waals surface area contributed by atoms with Crippen molar-refractivity contribution in [1.29, 1.82) is 0 Å². The molecule has 8 rings (SSSR count). The van der Waals surface area contributed by atoms with Gasteiger partial charge in [-0.25, -0.2) is 0 Å². The van der Waals surface area contributed by atoms with Gasteiger partial charge in [-0.2, -0.15) is 0 Å². The van der Waals surface area contributed by atoms with Crippen molar-refractivity contribution in [3.8, 4) is 33.4 Å². The van der Waals surface area contributed by atoms with Crippen molar-refractivity contribution in [2.45, 2.75) is 0 Å². The zero-order valence-electron chi connectivity index (χ0n) is 25.9. The number of benzene rings is 7. The Kier molecular flexibility index (Phi) is 3.89. The highest BCUT2D eigenvalue weighted by atomic mass is 16.3. The van der Waals surface area contributed by atoms with Crippen molar-refractivity contribution >= 4 is 43.5 Å². The molecular weight excluding hydrogens is 472 g/mol. The van der Waals surface area contributed by atoms with Crippen LogP contribution in [0.25, 0.3) is 76.9 Å². The summed E-state index contributed by atoms with van der Waals surface area (Å²) in [6, 6.07) is 36.9. The molecule has 0 aliphatic heterocycles. The predicted molar refractivity (Wildman–Crippen MR) is 165 cm³/mol. The lowest BCUT2D eigenvalue weighted by Gasteiger charge is -2.18. The van der Waals surface area contributed by atoms with Gasteiger partial charge in [-0.1, -0.05) is 133 Å². The first-order chi connectivity index (χ1) is 21.5. The Morgan fingerprint density at radius 2 is 0.974 bits per heavy atom. The molecule has 0 N–H and O–H groups in total. The Morgan fingerprint density at radius 1 is 0.436 bits per heavy atom. The lowest BCUT2D eigenvalue weighted by atomic mass is 9.84. The molecule has 0 spiro atoms. The lowest BCUT2D eigenvalue weighted by Crippen LogP contribution is -1.91. The van der Waals surface area contributed by atoms with Gasteiger partial charge < -0.3 is 4.42 Å². The van der Waals surface area contributed by atoms with E-state index < -0.39 is 6.04 Å². The van der Waals surface area contributed by atoms with Crippen LogP contribution in [0.5, 0.6) is 0 Å².